The number of aliphatic carboxylic acids is 1. The fraction of sp³-hybridized carbons (Fsp3) is 0.200. The summed E-state index contributed by atoms with van der Waals surface area (Å²) in [6.45, 7) is 0. The summed E-state index contributed by atoms with van der Waals surface area (Å²) >= 11 is 1.03. The highest BCUT2D eigenvalue weighted by Gasteiger charge is 2.04. The summed E-state index contributed by atoms with van der Waals surface area (Å²) in [4.78, 5) is 21.0. The smallest absolute Gasteiger partial charge is 0.396 e. The molecular weight excluding hydrogens is 216 g/mol. The van der Waals surface area contributed by atoms with Crippen molar-refractivity contribution in [2.24, 2.45) is 0 Å². The molecule has 2 rings (SSSR count). The van der Waals surface area contributed by atoms with Gasteiger partial charge >= 0.3 is 10.9 Å². The molecule has 1 N–H and O–H groups in total. The molecule has 0 bridgehead atoms. The van der Waals surface area contributed by atoms with Gasteiger partial charge in [0, 0.05) is 6.42 Å². The van der Waals surface area contributed by atoms with Gasteiger partial charge in [0.2, 0.25) is 0 Å². The fourth-order valence-corrected chi connectivity index (χ4v) is 2.06. The molecule has 0 aliphatic rings. The van der Waals surface area contributed by atoms with Crippen LogP contribution in [0.2, 0.25) is 0 Å². The second-order valence-electron chi connectivity index (χ2n) is 3.13. The highest BCUT2D eigenvalue weighted by molar-refractivity contribution is 7.16. The summed E-state index contributed by atoms with van der Waals surface area (Å²) in [7, 11) is 0. The van der Waals surface area contributed by atoms with Gasteiger partial charge in [-0.3, -0.25) is 4.79 Å². The topological polar surface area (TPSA) is 67.5 Å². The molecule has 0 amide bonds. The summed E-state index contributed by atoms with van der Waals surface area (Å²) in [5.41, 5.74) is 1.46. The molecule has 1 heterocycles. The zero-order valence-corrected chi connectivity index (χ0v) is 8.54. The van der Waals surface area contributed by atoms with E-state index >= 15 is 0 Å². The Morgan fingerprint density at radius 1 is 1.47 bits per heavy atom. The monoisotopic (exact) mass is 224 g/mol. The molecule has 1 aromatic heterocycles. The molecule has 1 aromatic carbocycles. The van der Waals surface area contributed by atoms with Crippen LogP contribution in [0.25, 0.3) is 10.3 Å². The second kappa shape index (κ2) is 3.86. The van der Waals surface area contributed by atoms with Crippen molar-refractivity contribution in [3.63, 3.8) is 0 Å². The SMILES string of the molecule is O=C(O)CCc1ccc2oc(=O)sc2c1. The zero-order valence-electron chi connectivity index (χ0n) is 7.73. The third kappa shape index (κ3) is 2.24. The first kappa shape index (κ1) is 9.92. The lowest BCUT2D eigenvalue weighted by Crippen LogP contribution is -1.96. The van der Waals surface area contributed by atoms with E-state index in [0.29, 0.717) is 12.0 Å². The van der Waals surface area contributed by atoms with E-state index in [2.05, 4.69) is 0 Å². The Morgan fingerprint density at radius 2 is 2.27 bits per heavy atom. The van der Waals surface area contributed by atoms with Crippen molar-refractivity contribution < 1.29 is 14.3 Å². The lowest BCUT2D eigenvalue weighted by molar-refractivity contribution is -0.136. The van der Waals surface area contributed by atoms with Crippen LogP contribution in [0.4, 0.5) is 0 Å². The van der Waals surface area contributed by atoms with Gasteiger partial charge in [0.1, 0.15) is 5.58 Å². The number of carboxylic acid groups (broad SMARTS) is 1. The van der Waals surface area contributed by atoms with Gasteiger partial charge in [-0.05, 0) is 24.1 Å². The summed E-state index contributed by atoms with van der Waals surface area (Å²) in [5, 5.41) is 8.53. The van der Waals surface area contributed by atoms with E-state index in [-0.39, 0.29) is 11.4 Å². The van der Waals surface area contributed by atoms with Crippen molar-refractivity contribution in [1.82, 2.24) is 0 Å². The van der Waals surface area contributed by atoms with E-state index in [4.69, 9.17) is 9.52 Å². The van der Waals surface area contributed by atoms with Gasteiger partial charge in [0.05, 0.1) is 4.70 Å². The first-order chi connectivity index (χ1) is 7.15. The third-order valence-electron chi connectivity index (χ3n) is 2.02. The molecule has 0 aliphatic carbocycles. The van der Waals surface area contributed by atoms with E-state index in [9.17, 15) is 9.59 Å². The van der Waals surface area contributed by atoms with Gasteiger partial charge in [-0.25, -0.2) is 4.79 Å². The summed E-state index contributed by atoms with van der Waals surface area (Å²) in [5.74, 6) is -0.824. The van der Waals surface area contributed by atoms with Gasteiger partial charge < -0.3 is 9.52 Å². The number of benzene rings is 1. The molecule has 15 heavy (non-hydrogen) atoms. The van der Waals surface area contributed by atoms with Crippen LogP contribution in [-0.2, 0) is 11.2 Å². The van der Waals surface area contributed by atoms with Crippen LogP contribution in [0.1, 0.15) is 12.0 Å². The Kier molecular flexibility index (Phi) is 2.55. The number of hydrogen-bond donors (Lipinski definition) is 1. The zero-order chi connectivity index (χ0) is 10.8. The van der Waals surface area contributed by atoms with E-state index in [0.717, 1.165) is 21.6 Å². The van der Waals surface area contributed by atoms with Gasteiger partial charge in [-0.15, -0.1) is 0 Å². The maximum absolute atomic E-state index is 10.9. The first-order valence-corrected chi connectivity index (χ1v) is 5.21. The summed E-state index contributed by atoms with van der Waals surface area (Å²) in [6.07, 6.45) is 0.565. The van der Waals surface area contributed by atoms with Crippen LogP contribution in [0.5, 0.6) is 0 Å². The van der Waals surface area contributed by atoms with Crippen molar-refractivity contribution in [2.75, 3.05) is 0 Å². The molecule has 5 heteroatoms. The van der Waals surface area contributed by atoms with Crippen molar-refractivity contribution in [2.45, 2.75) is 12.8 Å². The van der Waals surface area contributed by atoms with Crippen molar-refractivity contribution in [1.29, 1.82) is 0 Å². The van der Waals surface area contributed by atoms with Crippen LogP contribution in [0, 0.1) is 0 Å². The fourth-order valence-electron chi connectivity index (χ4n) is 1.32. The molecule has 0 radical (unpaired) electrons. The van der Waals surface area contributed by atoms with Crippen molar-refractivity contribution in [3.05, 3.63) is 33.5 Å². The molecule has 0 unspecified atom stereocenters. The molecule has 0 saturated heterocycles. The van der Waals surface area contributed by atoms with Crippen molar-refractivity contribution in [3.8, 4) is 0 Å². The number of carboxylic acids is 1. The Labute approximate surface area is 88.8 Å². The van der Waals surface area contributed by atoms with E-state index in [1.54, 1.807) is 18.2 Å². The molecule has 0 atom stereocenters. The lowest BCUT2D eigenvalue weighted by atomic mass is 10.1. The molecule has 0 saturated carbocycles. The number of carbonyl (C=O) groups is 1. The molecule has 4 nitrogen and oxygen atoms in total. The highest BCUT2D eigenvalue weighted by atomic mass is 32.1. The van der Waals surface area contributed by atoms with Gasteiger partial charge in [-0.2, -0.15) is 0 Å². The van der Waals surface area contributed by atoms with Crippen LogP contribution in [-0.4, -0.2) is 11.1 Å². The first-order valence-electron chi connectivity index (χ1n) is 4.39. The number of hydrogen-bond acceptors (Lipinski definition) is 4. The normalized spacial score (nSPS) is 10.7. The predicted octanol–water partition coefficient (Wildman–Crippen LogP) is 1.87. The van der Waals surface area contributed by atoms with Crippen LogP contribution in [0.3, 0.4) is 0 Å². The molecule has 78 valence electrons. The minimum absolute atomic E-state index is 0.0955. The summed E-state index contributed by atoms with van der Waals surface area (Å²) in [6, 6.07) is 5.28. The number of rotatable bonds is 3. The van der Waals surface area contributed by atoms with E-state index in [1.165, 1.54) is 0 Å². The van der Waals surface area contributed by atoms with Crippen molar-refractivity contribution >= 4 is 27.6 Å². The second-order valence-corrected chi connectivity index (χ2v) is 4.11. The molecule has 0 fully saturated rings. The maximum Gasteiger partial charge on any atom is 0.396 e. The van der Waals surface area contributed by atoms with E-state index in [1.807, 2.05) is 0 Å². The molecule has 2 aromatic rings. The molecule has 0 aliphatic heterocycles. The van der Waals surface area contributed by atoms with Gasteiger partial charge in [0.25, 0.3) is 0 Å². The lowest BCUT2D eigenvalue weighted by Gasteiger charge is -1.97. The average Bonchev–Trinajstić information content (AvgIpc) is 2.53. The third-order valence-corrected chi connectivity index (χ3v) is 2.81. The molecular formula is C10H8O4S. The van der Waals surface area contributed by atoms with Crippen LogP contribution in [0.15, 0.2) is 27.4 Å². The average molecular weight is 224 g/mol. The van der Waals surface area contributed by atoms with Gasteiger partial charge in [0.15, 0.2) is 0 Å². The Hall–Kier alpha value is -1.62. The Balaban J connectivity index is 2.30. The van der Waals surface area contributed by atoms with E-state index < -0.39 is 5.97 Å². The quantitative estimate of drug-likeness (QED) is 0.864. The summed E-state index contributed by atoms with van der Waals surface area (Å²) < 4.78 is 5.66. The highest BCUT2D eigenvalue weighted by Crippen LogP contribution is 2.19. The van der Waals surface area contributed by atoms with Crippen LogP contribution < -0.4 is 4.94 Å². The number of aryl methyl sites for hydroxylation is 1. The maximum atomic E-state index is 10.9. The minimum atomic E-state index is -0.824. The molecule has 0 spiro atoms. The standard InChI is InChI=1S/C10H8O4S/c11-9(12)4-2-6-1-3-7-8(5-6)15-10(13)14-7/h1,3,5H,2,4H2,(H,11,12). The Bertz CT molecular complexity index is 552. The minimum Gasteiger partial charge on any atom is -0.481 e. The van der Waals surface area contributed by atoms with Crippen LogP contribution >= 0.6 is 11.3 Å². The Morgan fingerprint density at radius 3 is 3.00 bits per heavy atom. The van der Waals surface area contributed by atoms with Gasteiger partial charge in [-0.1, -0.05) is 17.4 Å². The largest absolute Gasteiger partial charge is 0.481 e. The number of fused-ring (bicyclic) bond motifs is 1. The predicted molar refractivity (Wildman–Crippen MR) is 56.3 cm³/mol.